The minimum atomic E-state index is -0.961. The molecule has 2 aromatic carbocycles. The fourth-order valence-electron chi connectivity index (χ4n) is 2.25. The average molecular weight is 370 g/mol. The maximum Gasteiger partial charge on any atom is 0.329 e. The molecule has 0 bridgehead atoms. The molecule has 0 atom stereocenters. The van der Waals surface area contributed by atoms with Crippen LogP contribution in [0.3, 0.4) is 0 Å². The van der Waals surface area contributed by atoms with Gasteiger partial charge in [0, 0.05) is 24.2 Å². The van der Waals surface area contributed by atoms with Crippen molar-refractivity contribution in [3.05, 3.63) is 63.7 Å². The Balaban J connectivity index is 1.50. The van der Waals surface area contributed by atoms with Gasteiger partial charge in [-0.2, -0.15) is 5.10 Å². The van der Waals surface area contributed by atoms with E-state index >= 15 is 0 Å². The zero-order valence-electron chi connectivity index (χ0n) is 13.9. The number of carbonyl (C=O) groups excluding carboxylic acids is 2. The number of ether oxygens (including phenoxy) is 2. The van der Waals surface area contributed by atoms with Gasteiger partial charge in [0.1, 0.15) is 0 Å². The van der Waals surface area contributed by atoms with Crippen LogP contribution in [0.5, 0.6) is 11.5 Å². The Morgan fingerprint density at radius 1 is 1.15 bits per heavy atom. The first-order valence-corrected chi connectivity index (χ1v) is 7.77. The van der Waals surface area contributed by atoms with Gasteiger partial charge in [0.2, 0.25) is 6.79 Å². The molecule has 0 fully saturated rings. The Labute approximate surface area is 152 Å². The molecule has 138 valence electrons. The summed E-state index contributed by atoms with van der Waals surface area (Å²) in [6.45, 7) is 0.271. The van der Waals surface area contributed by atoms with Crippen molar-refractivity contribution in [2.24, 2.45) is 5.10 Å². The average Bonchev–Trinajstić information content (AvgIpc) is 3.14. The van der Waals surface area contributed by atoms with Crippen molar-refractivity contribution in [1.82, 2.24) is 10.7 Å². The fourth-order valence-corrected chi connectivity index (χ4v) is 2.25. The van der Waals surface area contributed by atoms with Gasteiger partial charge in [-0.15, -0.1) is 0 Å². The van der Waals surface area contributed by atoms with Crippen molar-refractivity contribution in [3.8, 4) is 11.5 Å². The summed E-state index contributed by atoms with van der Waals surface area (Å²) >= 11 is 0. The van der Waals surface area contributed by atoms with E-state index in [9.17, 15) is 19.7 Å². The molecule has 10 heteroatoms. The molecule has 0 saturated heterocycles. The van der Waals surface area contributed by atoms with Crippen molar-refractivity contribution >= 4 is 23.7 Å². The van der Waals surface area contributed by atoms with Crippen LogP contribution in [0.15, 0.2) is 47.6 Å². The van der Waals surface area contributed by atoms with Crippen molar-refractivity contribution < 1.29 is 24.0 Å². The Kier molecular flexibility index (Phi) is 5.26. The Morgan fingerprint density at radius 3 is 2.78 bits per heavy atom. The Morgan fingerprint density at radius 2 is 1.96 bits per heavy atom. The zero-order chi connectivity index (χ0) is 19.2. The van der Waals surface area contributed by atoms with Crippen LogP contribution in [0.1, 0.15) is 11.1 Å². The van der Waals surface area contributed by atoms with Crippen LogP contribution in [0.4, 0.5) is 5.69 Å². The largest absolute Gasteiger partial charge is 0.454 e. The molecule has 0 aliphatic carbocycles. The molecule has 2 amide bonds. The normalized spacial score (nSPS) is 12.0. The van der Waals surface area contributed by atoms with Crippen LogP contribution >= 0.6 is 0 Å². The topological polar surface area (TPSA) is 132 Å². The van der Waals surface area contributed by atoms with Gasteiger partial charge >= 0.3 is 11.8 Å². The van der Waals surface area contributed by atoms with Crippen LogP contribution in [0.2, 0.25) is 0 Å². The molecule has 27 heavy (non-hydrogen) atoms. The maximum absolute atomic E-state index is 11.8. The molecule has 1 heterocycles. The van der Waals surface area contributed by atoms with E-state index in [-0.39, 0.29) is 19.0 Å². The van der Waals surface area contributed by atoms with Crippen LogP contribution < -0.4 is 20.2 Å². The zero-order valence-corrected chi connectivity index (χ0v) is 13.9. The standard InChI is InChI=1S/C17H14N4O6/c22-16(18-8-12-4-5-14-15(7-12)27-10-26-14)17(23)20-19-9-11-2-1-3-13(6-11)21(24)25/h1-7,9H,8,10H2,(H,18,22)(H,20,23)/b19-9+. The molecule has 2 aromatic rings. The summed E-state index contributed by atoms with van der Waals surface area (Å²) in [7, 11) is 0. The molecular weight excluding hydrogens is 356 g/mol. The maximum atomic E-state index is 11.8. The van der Waals surface area contributed by atoms with Crippen LogP contribution in [-0.4, -0.2) is 29.7 Å². The van der Waals surface area contributed by atoms with E-state index in [1.165, 1.54) is 24.4 Å². The van der Waals surface area contributed by atoms with Gasteiger partial charge in [0.15, 0.2) is 11.5 Å². The Bertz CT molecular complexity index is 927. The minimum absolute atomic E-state index is 0.105. The molecule has 0 aromatic heterocycles. The van der Waals surface area contributed by atoms with Gasteiger partial charge in [-0.05, 0) is 17.7 Å². The third kappa shape index (κ3) is 4.57. The predicted molar refractivity (Wildman–Crippen MR) is 93.2 cm³/mol. The van der Waals surface area contributed by atoms with E-state index in [0.29, 0.717) is 17.1 Å². The van der Waals surface area contributed by atoms with Gasteiger partial charge in [-0.3, -0.25) is 19.7 Å². The fraction of sp³-hybridized carbons (Fsp3) is 0.118. The quantitative estimate of drug-likeness (QED) is 0.350. The van der Waals surface area contributed by atoms with Gasteiger partial charge in [0.05, 0.1) is 11.1 Å². The summed E-state index contributed by atoms with van der Waals surface area (Å²) in [5.41, 5.74) is 3.10. The number of nitrogens with zero attached hydrogens (tertiary/aromatic N) is 2. The number of rotatable bonds is 5. The third-order valence-electron chi connectivity index (χ3n) is 3.56. The molecule has 0 radical (unpaired) electrons. The van der Waals surface area contributed by atoms with Gasteiger partial charge in [0.25, 0.3) is 5.69 Å². The lowest BCUT2D eigenvalue weighted by Gasteiger charge is -2.05. The van der Waals surface area contributed by atoms with Crippen LogP contribution in [0, 0.1) is 10.1 Å². The Hall–Kier alpha value is -3.95. The summed E-state index contributed by atoms with van der Waals surface area (Å²) < 4.78 is 10.4. The number of benzene rings is 2. The summed E-state index contributed by atoms with van der Waals surface area (Å²) in [4.78, 5) is 33.7. The SMILES string of the molecule is O=C(NCc1ccc2c(c1)OCO2)C(=O)N/N=C/c1cccc([N+](=O)[O-])c1. The lowest BCUT2D eigenvalue weighted by Crippen LogP contribution is -2.37. The number of nitro groups is 1. The van der Waals surface area contributed by atoms with E-state index in [1.807, 2.05) is 0 Å². The van der Waals surface area contributed by atoms with E-state index in [2.05, 4.69) is 15.8 Å². The number of nitrogens with one attached hydrogen (secondary N) is 2. The number of carbonyl (C=O) groups is 2. The summed E-state index contributed by atoms with van der Waals surface area (Å²) in [5, 5.41) is 16.8. The highest BCUT2D eigenvalue weighted by Gasteiger charge is 2.15. The second-order valence-corrected chi connectivity index (χ2v) is 5.42. The van der Waals surface area contributed by atoms with E-state index in [0.717, 1.165) is 5.56 Å². The smallest absolute Gasteiger partial charge is 0.329 e. The molecule has 1 aliphatic heterocycles. The second-order valence-electron chi connectivity index (χ2n) is 5.42. The van der Waals surface area contributed by atoms with Gasteiger partial charge in [-0.25, -0.2) is 5.43 Å². The van der Waals surface area contributed by atoms with Crippen molar-refractivity contribution in [3.63, 3.8) is 0 Å². The second kappa shape index (κ2) is 7.95. The summed E-state index contributed by atoms with van der Waals surface area (Å²) in [6.07, 6.45) is 1.20. The first-order chi connectivity index (χ1) is 13.0. The molecule has 1 aliphatic rings. The van der Waals surface area contributed by atoms with Gasteiger partial charge in [-0.1, -0.05) is 18.2 Å². The molecule has 0 spiro atoms. The van der Waals surface area contributed by atoms with E-state index < -0.39 is 16.7 Å². The molecule has 3 rings (SSSR count). The first kappa shape index (κ1) is 17.9. The van der Waals surface area contributed by atoms with Crippen molar-refractivity contribution in [2.75, 3.05) is 6.79 Å². The lowest BCUT2D eigenvalue weighted by atomic mass is 10.2. The van der Waals surface area contributed by atoms with E-state index in [4.69, 9.17) is 9.47 Å². The molecule has 0 saturated carbocycles. The van der Waals surface area contributed by atoms with Crippen molar-refractivity contribution in [2.45, 2.75) is 6.54 Å². The summed E-state index contributed by atoms with van der Waals surface area (Å²) in [6, 6.07) is 10.8. The highest BCUT2D eigenvalue weighted by Crippen LogP contribution is 2.32. The molecule has 10 nitrogen and oxygen atoms in total. The summed E-state index contributed by atoms with van der Waals surface area (Å²) in [5.74, 6) is -0.632. The number of nitro benzene ring substituents is 1. The molecular formula is C17H14N4O6. The van der Waals surface area contributed by atoms with Crippen molar-refractivity contribution in [1.29, 1.82) is 0 Å². The molecule has 2 N–H and O–H groups in total. The van der Waals surface area contributed by atoms with Gasteiger partial charge < -0.3 is 14.8 Å². The monoisotopic (exact) mass is 370 g/mol. The van der Waals surface area contributed by atoms with E-state index in [1.54, 1.807) is 24.3 Å². The number of hydrogen-bond acceptors (Lipinski definition) is 7. The first-order valence-electron chi connectivity index (χ1n) is 7.77. The third-order valence-corrected chi connectivity index (χ3v) is 3.56. The lowest BCUT2D eigenvalue weighted by molar-refractivity contribution is -0.384. The predicted octanol–water partition coefficient (Wildman–Crippen LogP) is 1.09. The highest BCUT2D eigenvalue weighted by molar-refractivity contribution is 6.35. The molecule has 0 unspecified atom stereocenters. The minimum Gasteiger partial charge on any atom is -0.454 e. The number of fused-ring (bicyclic) bond motifs is 1. The van der Waals surface area contributed by atoms with Crippen LogP contribution in [-0.2, 0) is 16.1 Å². The number of hydrazone groups is 1. The van der Waals surface area contributed by atoms with Crippen LogP contribution in [0.25, 0.3) is 0 Å². The number of non-ortho nitro benzene ring substituents is 1. The number of hydrogen-bond donors (Lipinski definition) is 2. The highest BCUT2D eigenvalue weighted by atomic mass is 16.7. The number of amides is 2.